The van der Waals surface area contributed by atoms with E-state index in [1.165, 1.54) is 19.4 Å². The molecule has 1 heterocycles. The van der Waals surface area contributed by atoms with Crippen molar-refractivity contribution in [3.05, 3.63) is 53.6 Å². The van der Waals surface area contributed by atoms with Crippen LogP contribution in [0.2, 0.25) is 5.02 Å². The van der Waals surface area contributed by atoms with Crippen molar-refractivity contribution in [2.45, 2.75) is 12.8 Å². The van der Waals surface area contributed by atoms with E-state index in [1.807, 2.05) is 42.5 Å². The van der Waals surface area contributed by atoms with Crippen molar-refractivity contribution in [2.24, 2.45) is 5.92 Å². The lowest BCUT2D eigenvalue weighted by atomic mass is 9.99. The zero-order valence-corrected chi connectivity index (χ0v) is 16.4. The first-order chi connectivity index (χ1) is 12.6. The summed E-state index contributed by atoms with van der Waals surface area (Å²) < 4.78 is 5.96. The van der Waals surface area contributed by atoms with Gasteiger partial charge in [-0.1, -0.05) is 29.8 Å². The monoisotopic (exact) mass is 389 g/mol. The molecule has 2 aromatic carbocycles. The largest absolute Gasteiger partial charge is 0.455 e. The van der Waals surface area contributed by atoms with Crippen LogP contribution in [-0.4, -0.2) is 36.7 Å². The molecule has 4 nitrogen and oxygen atoms in total. The van der Waals surface area contributed by atoms with Gasteiger partial charge in [-0.15, -0.1) is 0 Å². The first kappa shape index (κ1) is 19.0. The highest BCUT2D eigenvalue weighted by atomic mass is 35.5. The molecule has 0 bridgehead atoms. The number of halogens is 1. The minimum absolute atomic E-state index is 0.582. The molecule has 0 saturated carbocycles. The Morgan fingerprint density at radius 1 is 1.27 bits per heavy atom. The van der Waals surface area contributed by atoms with E-state index in [-0.39, 0.29) is 0 Å². The van der Waals surface area contributed by atoms with E-state index in [2.05, 4.69) is 22.6 Å². The van der Waals surface area contributed by atoms with Crippen LogP contribution in [0.3, 0.4) is 0 Å². The average molecular weight is 390 g/mol. The summed E-state index contributed by atoms with van der Waals surface area (Å²) in [5.41, 5.74) is 0.750. The Kier molecular flexibility index (Phi) is 6.72. The van der Waals surface area contributed by atoms with E-state index < -0.39 is 0 Å². The van der Waals surface area contributed by atoms with Crippen molar-refractivity contribution in [2.75, 3.05) is 32.0 Å². The number of nitrogens with one attached hydrogen (secondary N) is 2. The van der Waals surface area contributed by atoms with Gasteiger partial charge in [0.15, 0.2) is 10.9 Å². The molecule has 1 aliphatic rings. The lowest BCUT2D eigenvalue weighted by molar-refractivity contribution is 0.211. The maximum atomic E-state index is 6.15. The average Bonchev–Trinajstić information content (AvgIpc) is 2.63. The summed E-state index contributed by atoms with van der Waals surface area (Å²) in [6.45, 7) is 3.16. The van der Waals surface area contributed by atoms with Crippen LogP contribution in [0.1, 0.15) is 12.8 Å². The third kappa shape index (κ3) is 5.59. The summed E-state index contributed by atoms with van der Waals surface area (Å²) in [4.78, 5) is 2.37. The molecule has 1 saturated heterocycles. The highest BCUT2D eigenvalue weighted by Gasteiger charge is 2.17. The van der Waals surface area contributed by atoms with Crippen LogP contribution in [0, 0.1) is 5.92 Å². The fourth-order valence-corrected chi connectivity index (χ4v) is 3.51. The molecule has 0 aliphatic carbocycles. The summed E-state index contributed by atoms with van der Waals surface area (Å²) in [7, 11) is 2.17. The number of piperidine rings is 1. The van der Waals surface area contributed by atoms with Gasteiger partial charge < -0.3 is 20.3 Å². The first-order valence-corrected chi connectivity index (χ1v) is 9.64. The third-order valence-corrected chi connectivity index (χ3v) is 4.92. The van der Waals surface area contributed by atoms with Gasteiger partial charge in [-0.3, -0.25) is 0 Å². The number of rotatable bonds is 5. The van der Waals surface area contributed by atoms with Crippen molar-refractivity contribution in [1.29, 1.82) is 0 Å². The number of ether oxygens (including phenoxy) is 1. The minimum atomic E-state index is 0.582. The molecule has 3 rings (SSSR count). The molecule has 0 amide bonds. The second-order valence-corrected chi connectivity index (χ2v) is 7.51. The normalized spacial score (nSPS) is 17.5. The number of thiocarbonyl (C=S) groups is 1. The first-order valence-electron chi connectivity index (χ1n) is 8.86. The third-order valence-electron chi connectivity index (χ3n) is 4.43. The summed E-state index contributed by atoms with van der Waals surface area (Å²) in [5.74, 6) is 2.07. The second-order valence-electron chi connectivity index (χ2n) is 6.66. The number of hydrogen-bond donors (Lipinski definition) is 2. The van der Waals surface area contributed by atoms with Crippen LogP contribution in [0.4, 0.5) is 5.69 Å². The van der Waals surface area contributed by atoms with Crippen molar-refractivity contribution < 1.29 is 4.74 Å². The molecule has 138 valence electrons. The van der Waals surface area contributed by atoms with E-state index in [4.69, 9.17) is 28.6 Å². The van der Waals surface area contributed by atoms with Crippen LogP contribution in [0.25, 0.3) is 0 Å². The maximum absolute atomic E-state index is 6.15. The molecule has 0 spiro atoms. The Bertz CT molecular complexity index is 741. The van der Waals surface area contributed by atoms with Gasteiger partial charge in [-0.25, -0.2) is 0 Å². The smallest absolute Gasteiger partial charge is 0.170 e. The maximum Gasteiger partial charge on any atom is 0.170 e. The summed E-state index contributed by atoms with van der Waals surface area (Å²) in [6.07, 6.45) is 2.48. The Labute approximate surface area is 165 Å². The predicted octanol–water partition coefficient (Wildman–Crippen LogP) is 4.76. The number of para-hydroxylation sites is 1. The molecule has 1 aliphatic heterocycles. The van der Waals surface area contributed by atoms with Crippen LogP contribution in [0.5, 0.6) is 11.5 Å². The van der Waals surface area contributed by atoms with E-state index >= 15 is 0 Å². The minimum Gasteiger partial charge on any atom is -0.455 e. The van der Waals surface area contributed by atoms with E-state index in [1.54, 1.807) is 6.07 Å². The highest BCUT2D eigenvalue weighted by molar-refractivity contribution is 7.80. The second kappa shape index (κ2) is 9.21. The van der Waals surface area contributed by atoms with Gasteiger partial charge in [0.25, 0.3) is 0 Å². The molecular weight excluding hydrogens is 366 g/mol. The topological polar surface area (TPSA) is 36.5 Å². The molecule has 0 radical (unpaired) electrons. The lowest BCUT2D eigenvalue weighted by Crippen LogP contribution is -2.40. The molecule has 2 N–H and O–H groups in total. The Balaban J connectivity index is 1.61. The Morgan fingerprint density at radius 2 is 2.08 bits per heavy atom. The number of likely N-dealkylation sites (tertiary alicyclic amines) is 1. The molecule has 2 aromatic rings. The number of benzene rings is 2. The lowest BCUT2D eigenvalue weighted by Gasteiger charge is -2.30. The standard InChI is InChI=1S/C20H24ClN3OS/c1-24-11-5-6-15(14-24)13-22-20(26)23-18-12-16(21)9-10-19(18)25-17-7-3-2-4-8-17/h2-4,7-10,12,15H,5-6,11,13-14H2,1H3,(H2,22,23,26). The highest BCUT2D eigenvalue weighted by Crippen LogP contribution is 2.32. The van der Waals surface area contributed by atoms with Gasteiger partial charge in [0, 0.05) is 18.1 Å². The van der Waals surface area contributed by atoms with Gasteiger partial charge in [-0.2, -0.15) is 0 Å². The Morgan fingerprint density at radius 3 is 2.85 bits per heavy atom. The molecule has 1 fully saturated rings. The van der Waals surface area contributed by atoms with Gasteiger partial charge >= 0.3 is 0 Å². The van der Waals surface area contributed by atoms with Crippen molar-refractivity contribution in [3.63, 3.8) is 0 Å². The van der Waals surface area contributed by atoms with Crippen LogP contribution >= 0.6 is 23.8 Å². The zero-order valence-electron chi connectivity index (χ0n) is 14.9. The van der Waals surface area contributed by atoms with Crippen molar-refractivity contribution >= 4 is 34.6 Å². The zero-order chi connectivity index (χ0) is 18.4. The van der Waals surface area contributed by atoms with Crippen LogP contribution < -0.4 is 15.4 Å². The fourth-order valence-electron chi connectivity index (χ4n) is 3.15. The number of nitrogens with zero attached hydrogens (tertiary/aromatic N) is 1. The van der Waals surface area contributed by atoms with E-state index in [9.17, 15) is 0 Å². The molecule has 6 heteroatoms. The van der Waals surface area contributed by atoms with Gasteiger partial charge in [0.05, 0.1) is 5.69 Å². The summed E-state index contributed by atoms with van der Waals surface area (Å²) >= 11 is 11.6. The molecule has 1 unspecified atom stereocenters. The Hall–Kier alpha value is -1.82. The van der Waals surface area contributed by atoms with Crippen molar-refractivity contribution in [1.82, 2.24) is 10.2 Å². The quantitative estimate of drug-likeness (QED) is 0.721. The molecule has 0 aromatic heterocycles. The van der Waals surface area contributed by atoms with E-state index in [0.29, 0.717) is 21.8 Å². The van der Waals surface area contributed by atoms with Crippen LogP contribution in [0.15, 0.2) is 48.5 Å². The molecule has 26 heavy (non-hydrogen) atoms. The fraction of sp³-hybridized carbons (Fsp3) is 0.350. The SMILES string of the molecule is CN1CCCC(CNC(=S)Nc2cc(Cl)ccc2Oc2ccccc2)C1. The van der Waals surface area contributed by atoms with Crippen molar-refractivity contribution in [3.8, 4) is 11.5 Å². The summed E-state index contributed by atoms with van der Waals surface area (Å²) in [5, 5.41) is 7.76. The number of hydrogen-bond acceptors (Lipinski definition) is 3. The predicted molar refractivity (Wildman–Crippen MR) is 112 cm³/mol. The van der Waals surface area contributed by atoms with Gasteiger partial charge in [0.2, 0.25) is 0 Å². The summed E-state index contributed by atoms with van der Waals surface area (Å²) in [6, 6.07) is 15.1. The van der Waals surface area contributed by atoms with Crippen LogP contribution in [-0.2, 0) is 0 Å². The van der Waals surface area contributed by atoms with Gasteiger partial charge in [0.1, 0.15) is 5.75 Å². The van der Waals surface area contributed by atoms with E-state index in [0.717, 1.165) is 24.5 Å². The molecule has 1 atom stereocenters. The number of anilines is 1. The molecular formula is C20H24ClN3OS. The van der Waals surface area contributed by atoms with Gasteiger partial charge in [-0.05, 0) is 74.9 Å².